The molecule has 126 valence electrons. The van der Waals surface area contributed by atoms with Gasteiger partial charge in [0.25, 0.3) is 0 Å². The monoisotopic (exact) mass is 322 g/mol. The average Bonchev–Trinajstić information content (AvgIpc) is 2.37. The molecule has 0 radical (unpaired) electrons. The van der Waals surface area contributed by atoms with Crippen LogP contribution < -0.4 is 21.5 Å². The summed E-state index contributed by atoms with van der Waals surface area (Å²) in [4.78, 5) is 27.4. The maximum atomic E-state index is 11.9. The molecule has 0 aliphatic heterocycles. The van der Waals surface area contributed by atoms with Gasteiger partial charge in [0.1, 0.15) is 17.4 Å². The Labute approximate surface area is 134 Å². The van der Waals surface area contributed by atoms with E-state index >= 15 is 0 Å². The van der Waals surface area contributed by atoms with Crippen LogP contribution >= 0.6 is 0 Å². The highest BCUT2D eigenvalue weighted by molar-refractivity contribution is 5.83. The van der Waals surface area contributed by atoms with Gasteiger partial charge in [-0.2, -0.15) is 0 Å². The summed E-state index contributed by atoms with van der Waals surface area (Å²) in [7, 11) is 0. The van der Waals surface area contributed by atoms with Gasteiger partial charge in [0, 0.05) is 0 Å². The van der Waals surface area contributed by atoms with E-state index in [1.54, 1.807) is 45.0 Å². The van der Waals surface area contributed by atoms with Gasteiger partial charge in [-0.3, -0.25) is 0 Å². The lowest BCUT2D eigenvalue weighted by Crippen LogP contribution is -2.43. The number of carbonyl (C=O) groups excluding carboxylic acids is 2. The lowest BCUT2D eigenvalue weighted by molar-refractivity contribution is -0.136. The zero-order chi connectivity index (χ0) is 17.6. The molecule has 1 atom stereocenters. The fourth-order valence-electron chi connectivity index (χ4n) is 1.49. The van der Waals surface area contributed by atoms with E-state index < -0.39 is 23.7 Å². The molecule has 0 saturated carbocycles. The normalized spacial score (nSPS) is 12.0. The Morgan fingerprint density at radius 3 is 2.22 bits per heavy atom. The van der Waals surface area contributed by atoms with Gasteiger partial charge < -0.3 is 26.3 Å². The molecule has 23 heavy (non-hydrogen) atoms. The van der Waals surface area contributed by atoms with Crippen LogP contribution in [0.4, 0.5) is 10.5 Å². The van der Waals surface area contributed by atoms with Crippen molar-refractivity contribution < 1.29 is 19.1 Å². The Hall–Kier alpha value is -2.77. The molecule has 0 bridgehead atoms. The molecular weight excluding hydrogens is 300 g/mol. The summed E-state index contributed by atoms with van der Waals surface area (Å²) in [5, 5.41) is 2.40. The predicted octanol–water partition coefficient (Wildman–Crippen LogP) is 1.41. The Balaban J connectivity index is 2.58. The number of carbonyl (C=O) groups is 2. The SMILES string of the molecule is C[C@H](NC(=O)OC(C)(C)C)C(=O)Oc1ccc(N=C(N)N)cc1. The molecule has 5 N–H and O–H groups in total. The number of hydrogen-bond donors (Lipinski definition) is 3. The van der Waals surface area contributed by atoms with Crippen LogP contribution in [0.15, 0.2) is 29.3 Å². The number of guanidine groups is 1. The molecule has 8 heteroatoms. The van der Waals surface area contributed by atoms with Crippen molar-refractivity contribution in [2.45, 2.75) is 39.3 Å². The van der Waals surface area contributed by atoms with Gasteiger partial charge in [-0.15, -0.1) is 0 Å². The van der Waals surface area contributed by atoms with Crippen molar-refractivity contribution >= 4 is 23.7 Å². The average molecular weight is 322 g/mol. The standard InChI is InChI=1S/C15H22N4O4/c1-9(18-14(21)23-15(2,3)4)12(20)22-11-7-5-10(6-8-11)19-13(16)17/h5-9H,1-4H3,(H,18,21)(H4,16,17,19)/t9-/m0/s1. The maximum Gasteiger partial charge on any atom is 0.408 e. The summed E-state index contributed by atoms with van der Waals surface area (Å²) in [6, 6.07) is 5.41. The highest BCUT2D eigenvalue weighted by Crippen LogP contribution is 2.18. The maximum absolute atomic E-state index is 11.9. The molecule has 1 rings (SSSR count). The molecular formula is C15H22N4O4. The topological polar surface area (TPSA) is 129 Å². The first-order chi connectivity index (χ1) is 10.6. The zero-order valence-corrected chi connectivity index (χ0v) is 13.6. The molecule has 0 aliphatic carbocycles. The Morgan fingerprint density at radius 1 is 1.17 bits per heavy atom. The lowest BCUT2D eigenvalue weighted by Gasteiger charge is -2.21. The molecule has 1 aromatic rings. The molecule has 1 aromatic carbocycles. The largest absolute Gasteiger partial charge is 0.444 e. The van der Waals surface area contributed by atoms with Gasteiger partial charge >= 0.3 is 12.1 Å². The Kier molecular flexibility index (Phi) is 5.94. The number of aliphatic imine (C=N–C) groups is 1. The van der Waals surface area contributed by atoms with Crippen molar-refractivity contribution in [2.24, 2.45) is 16.5 Å². The third-order valence-corrected chi connectivity index (χ3v) is 2.40. The van der Waals surface area contributed by atoms with Crippen molar-refractivity contribution in [1.29, 1.82) is 0 Å². The number of benzene rings is 1. The second-order valence-electron chi connectivity index (χ2n) is 5.82. The van der Waals surface area contributed by atoms with Crippen LogP contribution in [-0.2, 0) is 9.53 Å². The fourth-order valence-corrected chi connectivity index (χ4v) is 1.49. The zero-order valence-electron chi connectivity index (χ0n) is 13.6. The minimum atomic E-state index is -0.859. The van der Waals surface area contributed by atoms with Crippen LogP contribution in [0.1, 0.15) is 27.7 Å². The summed E-state index contributed by atoms with van der Waals surface area (Å²) in [6.45, 7) is 6.69. The third kappa shape index (κ3) is 7.16. The van der Waals surface area contributed by atoms with Gasteiger partial charge in [-0.05, 0) is 52.0 Å². The highest BCUT2D eigenvalue weighted by Gasteiger charge is 2.22. The van der Waals surface area contributed by atoms with Crippen LogP contribution in [0.2, 0.25) is 0 Å². The first kappa shape index (κ1) is 18.3. The number of nitrogens with one attached hydrogen (secondary N) is 1. The van der Waals surface area contributed by atoms with Gasteiger partial charge in [0.05, 0.1) is 5.69 Å². The van der Waals surface area contributed by atoms with E-state index in [-0.39, 0.29) is 5.96 Å². The lowest BCUT2D eigenvalue weighted by atomic mass is 10.2. The van der Waals surface area contributed by atoms with Crippen LogP contribution in [-0.4, -0.2) is 29.7 Å². The van der Waals surface area contributed by atoms with Crippen LogP contribution in [0.5, 0.6) is 5.75 Å². The van der Waals surface area contributed by atoms with Crippen LogP contribution in [0.3, 0.4) is 0 Å². The summed E-state index contributed by atoms with van der Waals surface area (Å²) in [5.74, 6) is -0.377. The fraction of sp³-hybridized carbons (Fsp3) is 0.400. The van der Waals surface area contributed by atoms with E-state index in [0.29, 0.717) is 11.4 Å². The number of amides is 1. The van der Waals surface area contributed by atoms with Crippen molar-refractivity contribution in [3.8, 4) is 5.75 Å². The molecule has 0 saturated heterocycles. The number of nitrogens with zero attached hydrogens (tertiary/aromatic N) is 1. The molecule has 8 nitrogen and oxygen atoms in total. The predicted molar refractivity (Wildman–Crippen MR) is 86.4 cm³/mol. The highest BCUT2D eigenvalue weighted by atomic mass is 16.6. The Morgan fingerprint density at radius 2 is 1.74 bits per heavy atom. The van der Waals surface area contributed by atoms with E-state index in [1.165, 1.54) is 6.92 Å². The van der Waals surface area contributed by atoms with E-state index in [4.69, 9.17) is 20.9 Å². The van der Waals surface area contributed by atoms with Gasteiger partial charge in [-0.1, -0.05) is 0 Å². The van der Waals surface area contributed by atoms with Crippen LogP contribution in [0.25, 0.3) is 0 Å². The molecule has 0 aliphatic rings. The van der Waals surface area contributed by atoms with Crippen molar-refractivity contribution in [3.63, 3.8) is 0 Å². The van der Waals surface area contributed by atoms with Crippen molar-refractivity contribution in [2.75, 3.05) is 0 Å². The summed E-state index contributed by atoms with van der Waals surface area (Å²) in [5.41, 5.74) is 10.4. The second kappa shape index (κ2) is 7.48. The summed E-state index contributed by atoms with van der Waals surface area (Å²) >= 11 is 0. The van der Waals surface area contributed by atoms with Gasteiger partial charge in [0.2, 0.25) is 0 Å². The van der Waals surface area contributed by atoms with E-state index in [0.717, 1.165) is 0 Å². The van der Waals surface area contributed by atoms with Crippen molar-refractivity contribution in [1.82, 2.24) is 5.32 Å². The molecule has 0 heterocycles. The first-order valence-electron chi connectivity index (χ1n) is 6.98. The number of nitrogens with two attached hydrogens (primary N) is 2. The quantitative estimate of drug-likeness (QED) is 0.333. The van der Waals surface area contributed by atoms with E-state index in [2.05, 4.69) is 10.3 Å². The van der Waals surface area contributed by atoms with E-state index in [9.17, 15) is 9.59 Å². The second-order valence-corrected chi connectivity index (χ2v) is 5.82. The number of alkyl carbamates (subject to hydrolysis) is 1. The third-order valence-electron chi connectivity index (χ3n) is 2.40. The van der Waals surface area contributed by atoms with Gasteiger partial charge in [-0.25, -0.2) is 14.6 Å². The Bertz CT molecular complexity index is 586. The van der Waals surface area contributed by atoms with E-state index in [1.807, 2.05) is 0 Å². The molecule has 0 aromatic heterocycles. The first-order valence-corrected chi connectivity index (χ1v) is 6.98. The smallest absolute Gasteiger partial charge is 0.408 e. The number of rotatable bonds is 4. The number of hydrogen-bond acceptors (Lipinski definition) is 5. The van der Waals surface area contributed by atoms with Gasteiger partial charge in [0.15, 0.2) is 5.96 Å². The number of esters is 1. The minimum absolute atomic E-state index is 0.0649. The van der Waals surface area contributed by atoms with Crippen molar-refractivity contribution in [3.05, 3.63) is 24.3 Å². The molecule has 0 fully saturated rings. The summed E-state index contributed by atoms with van der Waals surface area (Å²) < 4.78 is 10.2. The molecule has 0 spiro atoms. The number of ether oxygens (including phenoxy) is 2. The summed E-state index contributed by atoms with van der Waals surface area (Å²) in [6.07, 6.45) is -0.690. The minimum Gasteiger partial charge on any atom is -0.444 e. The molecule has 1 amide bonds. The molecule has 0 unspecified atom stereocenters. The van der Waals surface area contributed by atoms with Crippen LogP contribution in [0, 0.1) is 0 Å².